The lowest BCUT2D eigenvalue weighted by atomic mass is 10.2. The number of benzene rings is 1. The molecule has 0 saturated carbocycles. The Bertz CT molecular complexity index is 565. The number of hydrogen-bond donors (Lipinski definition) is 1. The van der Waals surface area contributed by atoms with Crippen molar-refractivity contribution in [3.05, 3.63) is 51.3 Å². The van der Waals surface area contributed by atoms with Gasteiger partial charge in [-0.05, 0) is 47.1 Å². The van der Waals surface area contributed by atoms with Gasteiger partial charge in [0, 0.05) is 10.2 Å². The van der Waals surface area contributed by atoms with E-state index >= 15 is 0 Å². The highest BCUT2D eigenvalue weighted by atomic mass is 79.9. The molecule has 1 aromatic carbocycles. The van der Waals surface area contributed by atoms with Crippen molar-refractivity contribution in [2.45, 2.75) is 6.92 Å². The van der Waals surface area contributed by atoms with Crippen molar-refractivity contribution in [3.63, 3.8) is 0 Å². The van der Waals surface area contributed by atoms with Crippen molar-refractivity contribution in [3.8, 4) is 0 Å². The summed E-state index contributed by atoms with van der Waals surface area (Å²) in [5, 5.41) is 3.35. The monoisotopic (exact) mass is 313 g/mol. The number of amides is 1. The van der Waals surface area contributed by atoms with Crippen LogP contribution in [-0.2, 0) is 0 Å². The molecule has 0 aliphatic heterocycles. The standard InChI is InChI=1S/C12H9BrClNO2/c1-7-4-8(6-17-7)12(16)15-9-2-3-11(14)10(13)5-9/h2-6H,1H3,(H,15,16). The first-order valence-corrected chi connectivity index (χ1v) is 6.05. The van der Waals surface area contributed by atoms with Gasteiger partial charge in [-0.2, -0.15) is 0 Å². The first-order chi connectivity index (χ1) is 8.06. The third kappa shape index (κ3) is 2.90. The summed E-state index contributed by atoms with van der Waals surface area (Å²) in [6, 6.07) is 6.87. The molecule has 1 amide bonds. The van der Waals surface area contributed by atoms with Gasteiger partial charge in [-0.15, -0.1) is 0 Å². The minimum Gasteiger partial charge on any atom is -0.469 e. The summed E-state index contributed by atoms with van der Waals surface area (Å²) in [6.07, 6.45) is 1.43. The number of furan rings is 1. The van der Waals surface area contributed by atoms with E-state index in [1.807, 2.05) is 0 Å². The topological polar surface area (TPSA) is 42.2 Å². The first kappa shape index (κ1) is 12.2. The predicted octanol–water partition coefficient (Wildman–Crippen LogP) is 4.26. The molecule has 0 radical (unpaired) electrons. The number of rotatable bonds is 2. The molecule has 88 valence electrons. The highest BCUT2D eigenvalue weighted by Gasteiger charge is 2.09. The summed E-state index contributed by atoms with van der Waals surface area (Å²) in [7, 11) is 0. The second kappa shape index (κ2) is 4.94. The highest BCUT2D eigenvalue weighted by molar-refractivity contribution is 9.10. The van der Waals surface area contributed by atoms with Crippen LogP contribution >= 0.6 is 27.5 Å². The summed E-state index contributed by atoms with van der Waals surface area (Å²) >= 11 is 9.16. The van der Waals surface area contributed by atoms with Gasteiger partial charge >= 0.3 is 0 Å². The average Bonchev–Trinajstić information content (AvgIpc) is 2.70. The van der Waals surface area contributed by atoms with E-state index in [0.717, 1.165) is 4.47 Å². The fraction of sp³-hybridized carbons (Fsp3) is 0.0833. The van der Waals surface area contributed by atoms with Crippen molar-refractivity contribution in [2.75, 3.05) is 5.32 Å². The van der Waals surface area contributed by atoms with Crippen LogP contribution in [0.4, 0.5) is 5.69 Å². The lowest BCUT2D eigenvalue weighted by Crippen LogP contribution is -2.10. The molecule has 0 spiro atoms. The lowest BCUT2D eigenvalue weighted by Gasteiger charge is -2.04. The molecule has 1 aromatic heterocycles. The molecular formula is C12H9BrClNO2. The number of carbonyl (C=O) groups excluding carboxylic acids is 1. The molecule has 0 saturated heterocycles. The van der Waals surface area contributed by atoms with Crippen LogP contribution in [0.2, 0.25) is 5.02 Å². The maximum atomic E-state index is 11.8. The van der Waals surface area contributed by atoms with E-state index < -0.39 is 0 Å². The summed E-state index contributed by atoms with van der Waals surface area (Å²) < 4.78 is 5.81. The number of carbonyl (C=O) groups is 1. The quantitative estimate of drug-likeness (QED) is 0.900. The molecule has 2 aromatic rings. The number of nitrogens with one attached hydrogen (secondary N) is 1. The molecule has 0 fully saturated rings. The maximum Gasteiger partial charge on any atom is 0.258 e. The van der Waals surface area contributed by atoms with Crippen molar-refractivity contribution in [1.29, 1.82) is 0 Å². The van der Waals surface area contributed by atoms with E-state index in [1.54, 1.807) is 31.2 Å². The van der Waals surface area contributed by atoms with Crippen LogP contribution < -0.4 is 5.32 Å². The Balaban J connectivity index is 2.15. The zero-order valence-corrected chi connectivity index (χ0v) is 11.3. The van der Waals surface area contributed by atoms with E-state index in [9.17, 15) is 4.79 Å². The van der Waals surface area contributed by atoms with Gasteiger partial charge < -0.3 is 9.73 Å². The number of hydrogen-bond acceptors (Lipinski definition) is 2. The Morgan fingerprint density at radius 1 is 1.41 bits per heavy atom. The van der Waals surface area contributed by atoms with Crippen molar-refractivity contribution < 1.29 is 9.21 Å². The summed E-state index contributed by atoms with van der Waals surface area (Å²) in [4.78, 5) is 11.8. The van der Waals surface area contributed by atoms with Crippen LogP contribution in [0.1, 0.15) is 16.1 Å². The van der Waals surface area contributed by atoms with Crippen molar-refractivity contribution in [1.82, 2.24) is 0 Å². The molecule has 5 heteroatoms. The van der Waals surface area contributed by atoms with Gasteiger partial charge in [-0.3, -0.25) is 4.79 Å². The Morgan fingerprint density at radius 3 is 2.76 bits per heavy atom. The second-order valence-corrected chi connectivity index (χ2v) is 4.79. The van der Waals surface area contributed by atoms with Gasteiger partial charge in [0.2, 0.25) is 0 Å². The number of halogens is 2. The SMILES string of the molecule is Cc1cc(C(=O)Nc2ccc(Cl)c(Br)c2)co1. The van der Waals surface area contributed by atoms with Crippen LogP contribution in [0, 0.1) is 6.92 Å². The van der Waals surface area contributed by atoms with Crippen LogP contribution in [0.15, 0.2) is 39.4 Å². The second-order valence-electron chi connectivity index (χ2n) is 3.53. The van der Waals surface area contributed by atoms with Gasteiger partial charge in [0.05, 0.1) is 10.6 Å². The molecule has 17 heavy (non-hydrogen) atoms. The van der Waals surface area contributed by atoms with Gasteiger partial charge in [0.15, 0.2) is 0 Å². The molecule has 0 atom stereocenters. The molecule has 3 nitrogen and oxygen atoms in total. The van der Waals surface area contributed by atoms with Gasteiger partial charge in [0.25, 0.3) is 5.91 Å². The molecule has 0 unspecified atom stereocenters. The molecule has 0 bridgehead atoms. The largest absolute Gasteiger partial charge is 0.469 e. The molecule has 0 aliphatic carbocycles. The number of aryl methyl sites for hydroxylation is 1. The Morgan fingerprint density at radius 2 is 2.18 bits per heavy atom. The third-order valence-electron chi connectivity index (χ3n) is 2.17. The van der Waals surface area contributed by atoms with E-state index in [4.69, 9.17) is 16.0 Å². The first-order valence-electron chi connectivity index (χ1n) is 4.88. The molecule has 0 aliphatic rings. The lowest BCUT2D eigenvalue weighted by molar-refractivity contribution is 0.102. The van der Waals surface area contributed by atoms with E-state index in [2.05, 4.69) is 21.2 Å². The zero-order chi connectivity index (χ0) is 12.4. The molecular weight excluding hydrogens is 305 g/mol. The van der Waals surface area contributed by atoms with Gasteiger partial charge in [-0.1, -0.05) is 11.6 Å². The smallest absolute Gasteiger partial charge is 0.258 e. The average molecular weight is 315 g/mol. The summed E-state index contributed by atoms with van der Waals surface area (Å²) in [5.41, 5.74) is 1.17. The van der Waals surface area contributed by atoms with Crippen molar-refractivity contribution >= 4 is 39.1 Å². The minimum atomic E-state index is -0.212. The van der Waals surface area contributed by atoms with E-state index in [0.29, 0.717) is 22.0 Å². The van der Waals surface area contributed by atoms with Gasteiger partial charge in [-0.25, -0.2) is 0 Å². The van der Waals surface area contributed by atoms with Crippen LogP contribution in [-0.4, -0.2) is 5.91 Å². The predicted molar refractivity (Wildman–Crippen MR) is 70.6 cm³/mol. The Kier molecular flexibility index (Phi) is 3.54. The fourth-order valence-electron chi connectivity index (χ4n) is 1.34. The minimum absolute atomic E-state index is 0.212. The molecule has 1 heterocycles. The van der Waals surface area contributed by atoms with Crippen LogP contribution in [0.3, 0.4) is 0 Å². The normalized spacial score (nSPS) is 10.3. The highest BCUT2D eigenvalue weighted by Crippen LogP contribution is 2.25. The fourth-order valence-corrected chi connectivity index (χ4v) is 1.84. The van der Waals surface area contributed by atoms with Gasteiger partial charge in [0.1, 0.15) is 12.0 Å². The van der Waals surface area contributed by atoms with Crippen molar-refractivity contribution in [2.24, 2.45) is 0 Å². The Labute approximate surface area is 112 Å². The van der Waals surface area contributed by atoms with Crippen LogP contribution in [0.25, 0.3) is 0 Å². The Hall–Kier alpha value is -1.26. The molecule has 1 N–H and O–H groups in total. The number of anilines is 1. The van der Waals surface area contributed by atoms with E-state index in [-0.39, 0.29) is 5.91 Å². The zero-order valence-electron chi connectivity index (χ0n) is 8.96. The summed E-state index contributed by atoms with van der Waals surface area (Å²) in [5.74, 6) is 0.489. The third-order valence-corrected chi connectivity index (χ3v) is 3.38. The maximum absolute atomic E-state index is 11.8. The van der Waals surface area contributed by atoms with E-state index in [1.165, 1.54) is 6.26 Å². The summed E-state index contributed by atoms with van der Waals surface area (Å²) in [6.45, 7) is 1.79. The molecule has 2 rings (SSSR count). The van der Waals surface area contributed by atoms with Crippen LogP contribution in [0.5, 0.6) is 0 Å².